The Bertz CT molecular complexity index is 445. The maximum atomic E-state index is 6.00. The van der Waals surface area contributed by atoms with Crippen LogP contribution in [0.1, 0.15) is 44.8 Å². The summed E-state index contributed by atoms with van der Waals surface area (Å²) in [4.78, 5) is 7.28. The summed E-state index contributed by atoms with van der Waals surface area (Å²) in [5.74, 6) is 2.89. The molecule has 3 heterocycles. The third-order valence-corrected chi connectivity index (χ3v) is 4.80. The Morgan fingerprint density at radius 1 is 1.20 bits per heavy atom. The van der Waals surface area contributed by atoms with Crippen LogP contribution in [0, 0.1) is 5.92 Å². The van der Waals surface area contributed by atoms with Crippen LogP contribution in [-0.2, 0) is 19.4 Å². The molecule has 0 spiro atoms. The second-order valence-electron chi connectivity index (χ2n) is 6.70. The number of aryl methyl sites for hydroxylation is 1. The molecule has 1 aromatic heterocycles. The molecule has 0 aliphatic carbocycles. The summed E-state index contributed by atoms with van der Waals surface area (Å²) in [6.07, 6.45) is 5.52. The first kappa shape index (κ1) is 14.0. The third kappa shape index (κ3) is 3.04. The van der Waals surface area contributed by atoms with Gasteiger partial charge in [0.05, 0.1) is 0 Å². The fourth-order valence-electron chi connectivity index (χ4n) is 3.40. The van der Waals surface area contributed by atoms with Crippen LogP contribution in [0.4, 0.5) is 0 Å². The molecule has 0 aromatic carbocycles. The van der Waals surface area contributed by atoms with Crippen LogP contribution in [0.5, 0.6) is 0 Å². The van der Waals surface area contributed by atoms with Crippen molar-refractivity contribution in [3.63, 3.8) is 0 Å². The molecule has 1 aromatic rings. The van der Waals surface area contributed by atoms with Crippen molar-refractivity contribution in [3.8, 4) is 0 Å². The van der Waals surface area contributed by atoms with Crippen LogP contribution >= 0.6 is 0 Å². The van der Waals surface area contributed by atoms with Crippen molar-refractivity contribution in [3.05, 3.63) is 11.6 Å². The number of nitrogens with two attached hydrogens (primary N) is 1. The van der Waals surface area contributed by atoms with Gasteiger partial charge in [0.15, 0.2) is 5.82 Å². The van der Waals surface area contributed by atoms with Gasteiger partial charge >= 0.3 is 0 Å². The van der Waals surface area contributed by atoms with Gasteiger partial charge in [-0.05, 0) is 52.1 Å². The molecular formula is C15H27N5. The SMILES string of the molecule is CC(C)N1CCC(Cc2nc3n(n2)CCC(N)C3)CC1. The third-order valence-electron chi connectivity index (χ3n) is 4.80. The Morgan fingerprint density at radius 2 is 1.95 bits per heavy atom. The van der Waals surface area contributed by atoms with E-state index in [4.69, 9.17) is 10.7 Å². The highest BCUT2D eigenvalue weighted by Crippen LogP contribution is 2.22. The summed E-state index contributed by atoms with van der Waals surface area (Å²) < 4.78 is 2.07. The molecule has 5 nitrogen and oxygen atoms in total. The van der Waals surface area contributed by atoms with E-state index >= 15 is 0 Å². The summed E-state index contributed by atoms with van der Waals surface area (Å²) in [5, 5.41) is 4.67. The van der Waals surface area contributed by atoms with Gasteiger partial charge in [-0.3, -0.25) is 0 Å². The first-order valence-electron chi connectivity index (χ1n) is 8.04. The Morgan fingerprint density at radius 3 is 2.65 bits per heavy atom. The predicted molar refractivity (Wildman–Crippen MR) is 79.5 cm³/mol. The molecule has 5 heteroatoms. The van der Waals surface area contributed by atoms with E-state index in [2.05, 4.69) is 28.5 Å². The van der Waals surface area contributed by atoms with Crippen LogP contribution in [-0.4, -0.2) is 44.8 Å². The van der Waals surface area contributed by atoms with Crippen molar-refractivity contribution < 1.29 is 0 Å². The standard InChI is InChI=1S/C15H27N5/c1-11(2)19-6-3-12(4-7-19)9-14-17-15-10-13(16)5-8-20(15)18-14/h11-13H,3-10,16H2,1-2H3. The van der Waals surface area contributed by atoms with Crippen LogP contribution in [0.15, 0.2) is 0 Å². The van der Waals surface area contributed by atoms with Crippen LogP contribution < -0.4 is 5.73 Å². The molecule has 1 fully saturated rings. The van der Waals surface area contributed by atoms with Gasteiger partial charge < -0.3 is 10.6 Å². The zero-order valence-electron chi connectivity index (χ0n) is 12.8. The molecule has 1 saturated heterocycles. The lowest BCUT2D eigenvalue weighted by molar-refractivity contribution is 0.148. The number of nitrogens with zero attached hydrogens (tertiary/aromatic N) is 4. The number of likely N-dealkylation sites (tertiary alicyclic amines) is 1. The molecule has 0 bridgehead atoms. The maximum absolute atomic E-state index is 6.00. The van der Waals surface area contributed by atoms with Gasteiger partial charge in [-0.25, -0.2) is 9.67 Å². The van der Waals surface area contributed by atoms with Gasteiger partial charge in [-0.15, -0.1) is 0 Å². The molecule has 1 atom stereocenters. The van der Waals surface area contributed by atoms with Crippen molar-refractivity contribution in [1.29, 1.82) is 0 Å². The quantitative estimate of drug-likeness (QED) is 0.902. The number of hydrogen-bond acceptors (Lipinski definition) is 4. The largest absolute Gasteiger partial charge is 0.327 e. The molecule has 0 amide bonds. The van der Waals surface area contributed by atoms with E-state index in [0.717, 1.165) is 43.4 Å². The zero-order chi connectivity index (χ0) is 14.1. The van der Waals surface area contributed by atoms with E-state index < -0.39 is 0 Å². The summed E-state index contributed by atoms with van der Waals surface area (Å²) in [7, 11) is 0. The summed E-state index contributed by atoms with van der Waals surface area (Å²) in [6, 6.07) is 0.948. The highest BCUT2D eigenvalue weighted by molar-refractivity contribution is 5.00. The number of fused-ring (bicyclic) bond motifs is 1. The normalized spacial score (nSPS) is 25.1. The average Bonchev–Trinajstić information content (AvgIpc) is 2.80. The van der Waals surface area contributed by atoms with E-state index in [1.54, 1.807) is 0 Å². The lowest BCUT2D eigenvalue weighted by Gasteiger charge is -2.34. The topological polar surface area (TPSA) is 60.0 Å². The summed E-state index contributed by atoms with van der Waals surface area (Å²) in [5.41, 5.74) is 6.00. The fourth-order valence-corrected chi connectivity index (χ4v) is 3.40. The first-order chi connectivity index (χ1) is 9.61. The minimum Gasteiger partial charge on any atom is -0.327 e. The fraction of sp³-hybridized carbons (Fsp3) is 0.867. The predicted octanol–water partition coefficient (Wildman–Crippen LogP) is 1.21. The van der Waals surface area contributed by atoms with E-state index in [-0.39, 0.29) is 6.04 Å². The van der Waals surface area contributed by atoms with E-state index in [1.165, 1.54) is 25.9 Å². The minimum atomic E-state index is 0.272. The molecule has 0 saturated carbocycles. The highest BCUT2D eigenvalue weighted by Gasteiger charge is 2.24. The van der Waals surface area contributed by atoms with E-state index in [9.17, 15) is 0 Å². The highest BCUT2D eigenvalue weighted by atomic mass is 15.4. The molecule has 112 valence electrons. The summed E-state index contributed by atoms with van der Waals surface area (Å²) >= 11 is 0. The molecule has 1 unspecified atom stereocenters. The van der Waals surface area contributed by atoms with Gasteiger partial charge in [0.1, 0.15) is 5.82 Å². The molecule has 0 radical (unpaired) electrons. The second kappa shape index (κ2) is 5.82. The van der Waals surface area contributed by atoms with Crippen molar-refractivity contribution in [2.75, 3.05) is 13.1 Å². The van der Waals surface area contributed by atoms with Crippen LogP contribution in [0.25, 0.3) is 0 Å². The Hall–Kier alpha value is -0.940. The van der Waals surface area contributed by atoms with Gasteiger partial charge in [0, 0.05) is 31.5 Å². The average molecular weight is 277 g/mol. The van der Waals surface area contributed by atoms with Crippen molar-refractivity contribution in [2.45, 2.75) is 64.6 Å². The second-order valence-corrected chi connectivity index (χ2v) is 6.70. The van der Waals surface area contributed by atoms with Crippen molar-refractivity contribution in [2.24, 2.45) is 11.7 Å². The first-order valence-corrected chi connectivity index (χ1v) is 8.04. The monoisotopic (exact) mass is 277 g/mol. The Kier molecular flexibility index (Phi) is 4.08. The van der Waals surface area contributed by atoms with Crippen LogP contribution in [0.3, 0.4) is 0 Å². The van der Waals surface area contributed by atoms with Gasteiger partial charge in [0.25, 0.3) is 0 Å². The Balaban J connectivity index is 1.57. The van der Waals surface area contributed by atoms with Crippen molar-refractivity contribution >= 4 is 0 Å². The molecular weight excluding hydrogens is 250 g/mol. The lowest BCUT2D eigenvalue weighted by Crippen LogP contribution is -2.38. The minimum absolute atomic E-state index is 0.272. The molecule has 2 aliphatic heterocycles. The summed E-state index contributed by atoms with van der Waals surface area (Å²) in [6.45, 7) is 7.96. The molecule has 2 aliphatic rings. The lowest BCUT2D eigenvalue weighted by atomic mass is 9.93. The van der Waals surface area contributed by atoms with E-state index in [0.29, 0.717) is 6.04 Å². The number of rotatable bonds is 3. The van der Waals surface area contributed by atoms with Gasteiger partial charge in [-0.1, -0.05) is 0 Å². The Labute approximate surface area is 121 Å². The smallest absolute Gasteiger partial charge is 0.151 e. The van der Waals surface area contributed by atoms with Gasteiger partial charge in [0.2, 0.25) is 0 Å². The number of aromatic nitrogens is 3. The maximum Gasteiger partial charge on any atom is 0.151 e. The van der Waals surface area contributed by atoms with Crippen molar-refractivity contribution in [1.82, 2.24) is 19.7 Å². The zero-order valence-corrected chi connectivity index (χ0v) is 12.8. The van der Waals surface area contributed by atoms with Gasteiger partial charge in [-0.2, -0.15) is 5.10 Å². The number of hydrogen-bond donors (Lipinski definition) is 1. The molecule has 20 heavy (non-hydrogen) atoms. The van der Waals surface area contributed by atoms with E-state index in [1.807, 2.05) is 0 Å². The molecule has 2 N–H and O–H groups in total. The number of piperidine rings is 1. The molecule has 3 rings (SSSR count). The van der Waals surface area contributed by atoms with Crippen LogP contribution in [0.2, 0.25) is 0 Å².